The number of aliphatic imine (C=N–C) groups is 1. The topological polar surface area (TPSA) is 12.4 Å². The summed E-state index contributed by atoms with van der Waals surface area (Å²) < 4.78 is 40.0. The highest BCUT2D eigenvalue weighted by Gasteiger charge is 2.33. The molecule has 1 atom stereocenters. The van der Waals surface area contributed by atoms with Gasteiger partial charge in [0.15, 0.2) is 0 Å². The normalized spacial score (nSPS) is 14.8. The predicted octanol–water partition coefficient (Wildman–Crippen LogP) is 7.13. The SMILES string of the molecule is CCCCC/C=C(\N=C(C)C(C)CC)c1ccccc1C(F)(F)F. The van der Waals surface area contributed by atoms with E-state index in [1.807, 2.05) is 19.9 Å². The van der Waals surface area contributed by atoms with Crippen LogP contribution in [-0.4, -0.2) is 5.71 Å². The molecule has 134 valence electrons. The molecule has 0 spiro atoms. The third-order valence-corrected chi connectivity index (χ3v) is 4.28. The first-order chi connectivity index (χ1) is 11.3. The Morgan fingerprint density at radius 3 is 2.42 bits per heavy atom. The molecule has 4 heteroatoms. The second kappa shape index (κ2) is 9.65. The average molecular weight is 339 g/mol. The van der Waals surface area contributed by atoms with Crippen LogP contribution in [0.3, 0.4) is 0 Å². The highest BCUT2D eigenvalue weighted by atomic mass is 19.4. The Kier molecular flexibility index (Phi) is 8.23. The highest BCUT2D eigenvalue weighted by molar-refractivity contribution is 5.90. The molecule has 0 amide bonds. The molecule has 0 aromatic heterocycles. The van der Waals surface area contributed by atoms with Crippen molar-refractivity contribution in [2.24, 2.45) is 10.9 Å². The van der Waals surface area contributed by atoms with Crippen LogP contribution in [0.15, 0.2) is 35.3 Å². The van der Waals surface area contributed by atoms with Crippen LogP contribution in [0, 0.1) is 5.92 Å². The lowest BCUT2D eigenvalue weighted by molar-refractivity contribution is -0.137. The Bertz CT molecular complexity index is 570. The van der Waals surface area contributed by atoms with Crippen LogP contribution in [0.5, 0.6) is 0 Å². The van der Waals surface area contributed by atoms with E-state index in [2.05, 4.69) is 18.8 Å². The van der Waals surface area contributed by atoms with Crippen LogP contribution in [0.4, 0.5) is 13.2 Å². The molecule has 0 heterocycles. The number of allylic oxidation sites excluding steroid dienone is 1. The maximum Gasteiger partial charge on any atom is 0.417 e. The summed E-state index contributed by atoms with van der Waals surface area (Å²) in [4.78, 5) is 4.57. The highest BCUT2D eigenvalue weighted by Crippen LogP contribution is 2.35. The van der Waals surface area contributed by atoms with E-state index < -0.39 is 11.7 Å². The first-order valence-electron chi connectivity index (χ1n) is 8.73. The zero-order valence-corrected chi connectivity index (χ0v) is 15.1. The number of hydrogen-bond donors (Lipinski definition) is 0. The Morgan fingerprint density at radius 2 is 1.83 bits per heavy atom. The molecule has 0 aliphatic rings. The Hall–Kier alpha value is -1.58. The minimum absolute atomic E-state index is 0.171. The molecular formula is C20H28F3N. The number of halogens is 3. The molecule has 1 unspecified atom stereocenters. The maximum absolute atomic E-state index is 13.3. The van der Waals surface area contributed by atoms with Crippen molar-refractivity contribution in [2.45, 2.75) is 66.0 Å². The van der Waals surface area contributed by atoms with Crippen molar-refractivity contribution >= 4 is 11.4 Å². The number of nitrogens with zero attached hydrogens (tertiary/aromatic N) is 1. The molecule has 0 aliphatic heterocycles. The Balaban J connectivity index is 3.28. The molecule has 24 heavy (non-hydrogen) atoms. The van der Waals surface area contributed by atoms with Gasteiger partial charge in [0.2, 0.25) is 0 Å². The van der Waals surface area contributed by atoms with Crippen LogP contribution in [0.1, 0.15) is 70.9 Å². The fourth-order valence-electron chi connectivity index (χ4n) is 2.40. The Morgan fingerprint density at radius 1 is 1.17 bits per heavy atom. The third kappa shape index (κ3) is 6.14. The number of unbranched alkanes of at least 4 members (excludes halogenated alkanes) is 3. The largest absolute Gasteiger partial charge is 0.417 e. The molecule has 0 bridgehead atoms. The second-order valence-corrected chi connectivity index (χ2v) is 6.19. The number of benzene rings is 1. The van der Waals surface area contributed by atoms with E-state index >= 15 is 0 Å². The van der Waals surface area contributed by atoms with E-state index in [1.54, 1.807) is 6.07 Å². The van der Waals surface area contributed by atoms with Crippen LogP contribution in [0.2, 0.25) is 0 Å². The first kappa shape index (κ1) is 20.5. The number of rotatable bonds is 8. The summed E-state index contributed by atoms with van der Waals surface area (Å²) in [6.45, 7) is 8.10. The predicted molar refractivity (Wildman–Crippen MR) is 96.1 cm³/mol. The number of alkyl halides is 3. The second-order valence-electron chi connectivity index (χ2n) is 6.19. The quantitative estimate of drug-likeness (QED) is 0.353. The maximum atomic E-state index is 13.3. The van der Waals surface area contributed by atoms with Crippen molar-refractivity contribution < 1.29 is 13.2 Å². The molecule has 1 aromatic rings. The zero-order valence-electron chi connectivity index (χ0n) is 15.1. The third-order valence-electron chi connectivity index (χ3n) is 4.28. The van der Waals surface area contributed by atoms with Gasteiger partial charge in [-0.15, -0.1) is 0 Å². The molecule has 0 radical (unpaired) electrons. The van der Waals surface area contributed by atoms with Gasteiger partial charge in [-0.1, -0.05) is 57.9 Å². The molecule has 1 aromatic carbocycles. The molecule has 1 rings (SSSR count). The van der Waals surface area contributed by atoms with Crippen molar-refractivity contribution in [2.75, 3.05) is 0 Å². The van der Waals surface area contributed by atoms with Gasteiger partial charge in [0.25, 0.3) is 0 Å². The van der Waals surface area contributed by atoms with E-state index in [9.17, 15) is 13.2 Å². The zero-order chi connectivity index (χ0) is 18.2. The van der Waals surface area contributed by atoms with E-state index in [4.69, 9.17) is 0 Å². The van der Waals surface area contributed by atoms with Crippen LogP contribution in [0.25, 0.3) is 5.70 Å². The average Bonchev–Trinajstić information content (AvgIpc) is 2.55. The summed E-state index contributed by atoms with van der Waals surface area (Å²) in [6, 6.07) is 5.70. The minimum Gasteiger partial charge on any atom is -0.258 e. The fraction of sp³-hybridized carbons (Fsp3) is 0.550. The number of hydrogen-bond acceptors (Lipinski definition) is 1. The standard InChI is InChI=1S/C20H28F3N/c1-5-7-8-9-14-19(24-16(4)15(3)6-2)17-12-10-11-13-18(17)20(21,22)23/h10-15H,5-9H2,1-4H3/b19-14-,24-16?. The van der Waals surface area contributed by atoms with Gasteiger partial charge in [-0.3, -0.25) is 4.99 Å². The van der Waals surface area contributed by atoms with Crippen LogP contribution in [-0.2, 0) is 6.18 Å². The van der Waals surface area contributed by atoms with Gasteiger partial charge in [0.1, 0.15) is 0 Å². The summed E-state index contributed by atoms with van der Waals surface area (Å²) in [5, 5.41) is 0. The van der Waals surface area contributed by atoms with Crippen molar-refractivity contribution in [1.82, 2.24) is 0 Å². The molecule has 0 aliphatic carbocycles. The lowest BCUT2D eigenvalue weighted by Gasteiger charge is -2.15. The van der Waals surface area contributed by atoms with Crippen molar-refractivity contribution in [3.63, 3.8) is 0 Å². The van der Waals surface area contributed by atoms with Gasteiger partial charge in [-0.25, -0.2) is 0 Å². The van der Waals surface area contributed by atoms with Gasteiger partial charge in [0.05, 0.1) is 11.3 Å². The fourth-order valence-corrected chi connectivity index (χ4v) is 2.40. The molecule has 0 N–H and O–H groups in total. The molecule has 0 fully saturated rings. The van der Waals surface area contributed by atoms with Gasteiger partial charge in [-0.05, 0) is 38.2 Å². The summed E-state index contributed by atoms with van der Waals surface area (Å²) in [6.07, 6.45) is 2.25. The monoisotopic (exact) mass is 339 g/mol. The summed E-state index contributed by atoms with van der Waals surface area (Å²) in [5.74, 6) is 0.252. The van der Waals surface area contributed by atoms with Gasteiger partial charge < -0.3 is 0 Å². The van der Waals surface area contributed by atoms with E-state index in [0.29, 0.717) is 5.70 Å². The van der Waals surface area contributed by atoms with E-state index in [-0.39, 0.29) is 11.5 Å². The lowest BCUT2D eigenvalue weighted by Crippen LogP contribution is -2.10. The Labute approximate surface area is 143 Å². The van der Waals surface area contributed by atoms with E-state index in [0.717, 1.165) is 43.9 Å². The summed E-state index contributed by atoms with van der Waals surface area (Å²) >= 11 is 0. The molecule has 0 saturated heterocycles. The van der Waals surface area contributed by atoms with Gasteiger partial charge in [0, 0.05) is 11.3 Å². The molecule has 1 nitrogen and oxygen atoms in total. The van der Waals surface area contributed by atoms with Crippen molar-refractivity contribution in [3.8, 4) is 0 Å². The lowest BCUT2D eigenvalue weighted by atomic mass is 10.0. The van der Waals surface area contributed by atoms with Gasteiger partial charge >= 0.3 is 6.18 Å². The van der Waals surface area contributed by atoms with Crippen LogP contribution >= 0.6 is 0 Å². The summed E-state index contributed by atoms with van der Waals surface area (Å²) in [7, 11) is 0. The van der Waals surface area contributed by atoms with Gasteiger partial charge in [-0.2, -0.15) is 13.2 Å². The van der Waals surface area contributed by atoms with Crippen molar-refractivity contribution in [3.05, 3.63) is 41.5 Å². The van der Waals surface area contributed by atoms with Crippen LogP contribution < -0.4 is 0 Å². The van der Waals surface area contributed by atoms with Crippen molar-refractivity contribution in [1.29, 1.82) is 0 Å². The summed E-state index contributed by atoms with van der Waals surface area (Å²) in [5.41, 5.74) is 0.865. The smallest absolute Gasteiger partial charge is 0.258 e. The first-order valence-corrected chi connectivity index (χ1v) is 8.73. The van der Waals surface area contributed by atoms with E-state index in [1.165, 1.54) is 12.1 Å². The molecular weight excluding hydrogens is 311 g/mol. The minimum atomic E-state index is -4.38. The molecule has 0 saturated carbocycles.